The average Bonchev–Trinajstić information content (AvgIpc) is 3.61. The second-order valence-corrected chi connectivity index (χ2v) is 16.3. The molecule has 1 aromatic heterocycles. The summed E-state index contributed by atoms with van der Waals surface area (Å²) in [6.07, 6.45) is 0. The summed E-state index contributed by atoms with van der Waals surface area (Å²) in [4.78, 5) is 0. The summed E-state index contributed by atoms with van der Waals surface area (Å²) in [6.45, 7) is 0. The quantitative estimate of drug-likeness (QED) is 0.123. The Bertz CT molecular complexity index is 3210. The van der Waals surface area contributed by atoms with Gasteiger partial charge in [0.25, 0.3) is 0 Å². The van der Waals surface area contributed by atoms with Crippen molar-refractivity contribution in [2.45, 2.75) is 0 Å². The predicted molar refractivity (Wildman–Crippen MR) is 230 cm³/mol. The van der Waals surface area contributed by atoms with Gasteiger partial charge in [-0.05, 0) is 0 Å². The zero-order valence-electron chi connectivity index (χ0n) is 29.5. The number of halogens is 2. The molecular formula is C52H30F2Se. The summed E-state index contributed by atoms with van der Waals surface area (Å²) < 4.78 is 33.7. The third-order valence-electron chi connectivity index (χ3n) is 11.2. The van der Waals surface area contributed by atoms with Crippen LogP contribution >= 0.6 is 0 Å². The second-order valence-electron chi connectivity index (χ2n) is 14.1. The molecule has 0 N–H and O–H groups in total. The molecule has 0 aliphatic heterocycles. The van der Waals surface area contributed by atoms with Gasteiger partial charge in [0.2, 0.25) is 0 Å². The Labute approximate surface area is 322 Å². The summed E-state index contributed by atoms with van der Waals surface area (Å²) in [7, 11) is 0. The van der Waals surface area contributed by atoms with Crippen molar-refractivity contribution >= 4 is 76.9 Å². The van der Waals surface area contributed by atoms with Gasteiger partial charge in [0.1, 0.15) is 0 Å². The van der Waals surface area contributed by atoms with Gasteiger partial charge in [-0.2, -0.15) is 0 Å². The molecule has 10 aromatic carbocycles. The first-order valence-electron chi connectivity index (χ1n) is 18.5. The zero-order valence-corrected chi connectivity index (χ0v) is 31.2. The standard InChI is InChI=1S/C52H30F2Se/c53-44-26-13-27-45(54)51(44)50-39-22-10-6-18-35(39)48(36-19-7-11-23-40(36)50)32-28-29-46-43(30-32)41-24-12-25-42(52(41)55-46)49-37-20-8-4-16-33(37)47(31-14-2-1-3-15-31)34-17-5-9-21-38(34)49/h1-30H. The molecular weight excluding hydrogens is 742 g/mol. The topological polar surface area (TPSA) is 0 Å². The van der Waals surface area contributed by atoms with Gasteiger partial charge >= 0.3 is 324 Å². The molecule has 11 aromatic rings. The first-order valence-corrected chi connectivity index (χ1v) is 20.2. The third-order valence-corrected chi connectivity index (χ3v) is 13.8. The molecule has 0 atom stereocenters. The molecule has 0 saturated heterocycles. The molecule has 11 rings (SSSR count). The number of hydrogen-bond acceptors (Lipinski definition) is 0. The van der Waals surface area contributed by atoms with Crippen molar-refractivity contribution < 1.29 is 8.78 Å². The molecule has 0 radical (unpaired) electrons. The maximum atomic E-state index is 15.5. The van der Waals surface area contributed by atoms with Crippen LogP contribution in [0, 0.1) is 11.6 Å². The van der Waals surface area contributed by atoms with Crippen LogP contribution < -0.4 is 0 Å². The summed E-state index contributed by atoms with van der Waals surface area (Å²) in [5, 5.41) is 11.1. The average molecular weight is 772 g/mol. The van der Waals surface area contributed by atoms with Crippen LogP contribution in [0.1, 0.15) is 0 Å². The molecule has 0 aliphatic carbocycles. The molecule has 0 saturated carbocycles. The van der Waals surface area contributed by atoms with Gasteiger partial charge in [0, 0.05) is 0 Å². The number of fused-ring (bicyclic) bond motifs is 7. The molecule has 0 spiro atoms. The van der Waals surface area contributed by atoms with Gasteiger partial charge < -0.3 is 0 Å². The van der Waals surface area contributed by atoms with E-state index in [-0.39, 0.29) is 20.1 Å². The van der Waals surface area contributed by atoms with Crippen LogP contribution in [-0.2, 0) is 0 Å². The first-order chi connectivity index (χ1) is 27.2. The van der Waals surface area contributed by atoms with Crippen molar-refractivity contribution in [1.82, 2.24) is 0 Å². The Hall–Kier alpha value is -6.38. The van der Waals surface area contributed by atoms with E-state index in [4.69, 9.17) is 0 Å². The van der Waals surface area contributed by atoms with E-state index in [1.54, 1.807) is 0 Å². The molecule has 0 amide bonds. The monoisotopic (exact) mass is 772 g/mol. The Morgan fingerprint density at radius 2 is 0.727 bits per heavy atom. The molecule has 55 heavy (non-hydrogen) atoms. The minimum absolute atomic E-state index is 0.0106. The van der Waals surface area contributed by atoms with Crippen molar-refractivity contribution in [3.05, 3.63) is 194 Å². The third kappa shape index (κ3) is 4.87. The first kappa shape index (κ1) is 32.1. The maximum absolute atomic E-state index is 15.5. The van der Waals surface area contributed by atoms with Gasteiger partial charge in [-0.15, -0.1) is 0 Å². The second kappa shape index (κ2) is 12.6. The molecule has 0 nitrogen and oxygen atoms in total. The molecule has 258 valence electrons. The summed E-state index contributed by atoms with van der Waals surface area (Å²) in [5.74, 6) is -1.13. The van der Waals surface area contributed by atoms with Gasteiger partial charge in [0.05, 0.1) is 0 Å². The van der Waals surface area contributed by atoms with E-state index in [2.05, 4.69) is 127 Å². The Morgan fingerprint density at radius 1 is 0.291 bits per heavy atom. The van der Waals surface area contributed by atoms with Crippen LogP contribution in [0.5, 0.6) is 0 Å². The van der Waals surface area contributed by atoms with E-state index >= 15 is 8.78 Å². The molecule has 1 heterocycles. The van der Waals surface area contributed by atoms with Crippen molar-refractivity contribution in [3.8, 4) is 44.5 Å². The SMILES string of the molecule is Fc1cccc(F)c1-c1c2ccccc2c(-c2ccc3[se]c4c(-c5c6ccccc6c(-c6ccccc6)c6ccccc56)cccc4c3c2)c2ccccc12. The van der Waals surface area contributed by atoms with E-state index in [1.807, 2.05) is 36.4 Å². The van der Waals surface area contributed by atoms with E-state index in [9.17, 15) is 0 Å². The van der Waals surface area contributed by atoms with Gasteiger partial charge in [-0.1, -0.05) is 0 Å². The van der Waals surface area contributed by atoms with E-state index in [0.29, 0.717) is 5.56 Å². The van der Waals surface area contributed by atoms with Crippen molar-refractivity contribution in [2.24, 2.45) is 0 Å². The summed E-state index contributed by atoms with van der Waals surface area (Å²) in [6, 6.07) is 62.3. The van der Waals surface area contributed by atoms with Crippen molar-refractivity contribution in [3.63, 3.8) is 0 Å². The number of hydrogen-bond donors (Lipinski definition) is 0. The van der Waals surface area contributed by atoms with Crippen molar-refractivity contribution in [1.29, 1.82) is 0 Å². The fourth-order valence-corrected chi connectivity index (χ4v) is 11.5. The fourth-order valence-electron chi connectivity index (χ4n) is 8.93. The van der Waals surface area contributed by atoms with Crippen LogP contribution in [-0.4, -0.2) is 14.5 Å². The van der Waals surface area contributed by atoms with Crippen molar-refractivity contribution in [2.75, 3.05) is 0 Å². The van der Waals surface area contributed by atoms with Crippen LogP contribution in [0.15, 0.2) is 182 Å². The predicted octanol–water partition coefficient (Wildman–Crippen LogP) is 14.6. The van der Waals surface area contributed by atoms with E-state index in [1.165, 1.54) is 81.3 Å². The zero-order chi connectivity index (χ0) is 36.6. The molecule has 0 unspecified atom stereocenters. The fraction of sp³-hybridized carbons (Fsp3) is 0. The molecule has 3 heteroatoms. The normalized spacial score (nSPS) is 11.8. The van der Waals surface area contributed by atoms with Gasteiger partial charge in [0.15, 0.2) is 0 Å². The molecule has 0 bridgehead atoms. The van der Waals surface area contributed by atoms with Crippen LogP contribution in [0.25, 0.3) is 107 Å². The summed E-state index contributed by atoms with van der Waals surface area (Å²) >= 11 is 0.0798. The number of rotatable bonds is 4. The Morgan fingerprint density at radius 3 is 1.27 bits per heavy atom. The van der Waals surface area contributed by atoms with Crippen LogP contribution in [0.2, 0.25) is 0 Å². The summed E-state index contributed by atoms with van der Waals surface area (Å²) in [5.41, 5.74) is 7.81. The van der Waals surface area contributed by atoms with E-state index < -0.39 is 11.6 Å². The van der Waals surface area contributed by atoms with Gasteiger partial charge in [-0.3, -0.25) is 0 Å². The Balaban J connectivity index is 1.18. The number of benzene rings is 10. The van der Waals surface area contributed by atoms with Gasteiger partial charge in [-0.25, -0.2) is 0 Å². The minimum atomic E-state index is -0.564. The van der Waals surface area contributed by atoms with E-state index in [0.717, 1.165) is 32.7 Å². The van der Waals surface area contributed by atoms with Crippen LogP contribution in [0.3, 0.4) is 0 Å². The Kier molecular flexibility index (Phi) is 7.35. The molecule has 0 aliphatic rings. The molecule has 0 fully saturated rings. The van der Waals surface area contributed by atoms with Crippen LogP contribution in [0.4, 0.5) is 8.78 Å².